The fourth-order valence-corrected chi connectivity index (χ4v) is 17.0. The summed E-state index contributed by atoms with van der Waals surface area (Å²) in [6, 6.07) is -3.05. The van der Waals surface area contributed by atoms with Gasteiger partial charge in [-0.05, 0) is 57.3 Å². The number of Topliss-reactive ketones (excluding diaryl/α,β-unsaturated/α-hetero) is 1. The van der Waals surface area contributed by atoms with Gasteiger partial charge in [0.1, 0.15) is 54.5 Å². The fourth-order valence-electron chi connectivity index (χ4n) is 17.0. The maximum absolute atomic E-state index is 15.0. The number of unbranched alkanes of at least 4 members (excludes halogenated alkanes) is 54. The number of esters is 3. The van der Waals surface area contributed by atoms with Crippen LogP contribution in [0.15, 0.2) is 0 Å². The van der Waals surface area contributed by atoms with E-state index < -0.39 is 110 Å². The van der Waals surface area contributed by atoms with Gasteiger partial charge >= 0.3 is 17.9 Å². The van der Waals surface area contributed by atoms with Crippen molar-refractivity contribution in [3.63, 3.8) is 0 Å². The quantitative estimate of drug-likeness (QED) is 0.0143. The molecule has 2 fully saturated rings. The molecule has 2 aliphatic rings. The Bertz CT molecular complexity index is 2390. The Hall–Kier alpha value is -3.79. The number of hydrogen-bond donors (Lipinski definition) is 6. The zero-order valence-corrected chi connectivity index (χ0v) is 76.5. The van der Waals surface area contributed by atoms with Gasteiger partial charge in [-0.1, -0.05) is 395 Å². The summed E-state index contributed by atoms with van der Waals surface area (Å²) in [5.74, 6) is -3.12. The average molecular weight is 1680 g/mol. The highest BCUT2D eigenvalue weighted by molar-refractivity contribution is 5.81. The van der Waals surface area contributed by atoms with E-state index in [0.29, 0.717) is 44.9 Å². The Kier molecular flexibility index (Phi) is 72.9. The van der Waals surface area contributed by atoms with Crippen LogP contribution in [-0.4, -0.2) is 149 Å². The van der Waals surface area contributed by atoms with Crippen LogP contribution < -0.4 is 10.6 Å². The van der Waals surface area contributed by atoms with Crippen molar-refractivity contribution in [2.45, 2.75) is 564 Å². The van der Waals surface area contributed by atoms with Gasteiger partial charge in [0, 0.05) is 32.1 Å². The molecule has 0 bridgehead atoms. The molecule has 0 aliphatic carbocycles. The maximum Gasteiger partial charge on any atom is 0.310 e. The van der Waals surface area contributed by atoms with Gasteiger partial charge in [0.2, 0.25) is 11.8 Å². The Labute approximate surface area is 719 Å². The SMILES string of the molecule is CCCCCCCCCCCCCCCC(=O)O[C@H](CCCCCCCCCCC)CC(=O)NC1C(O)OC(COC2OC(CO)C(OC=O)C(OC(=O)C[C@@H](CCCCCCCCCCC)OC(=O)CCCCCCCCCCCCC)C2NC(=O)C[C@@H](CCCCCCCCCCC)CC(=O)CCCCCCCCCCC)C(O)C1O. The summed E-state index contributed by atoms with van der Waals surface area (Å²) in [7, 11) is 0. The normalized spacial score (nSPS) is 20.1. The van der Waals surface area contributed by atoms with Crippen molar-refractivity contribution in [3.8, 4) is 0 Å². The minimum atomic E-state index is -1.90. The minimum Gasteiger partial charge on any atom is -0.462 e. The molecule has 20 nitrogen and oxygen atoms in total. The van der Waals surface area contributed by atoms with Gasteiger partial charge in [-0.25, -0.2) is 0 Å². The molecule has 6 N–H and O–H groups in total. The largest absolute Gasteiger partial charge is 0.462 e. The monoisotopic (exact) mass is 1680 g/mol. The number of hydrogen-bond acceptors (Lipinski definition) is 18. The second-order valence-electron chi connectivity index (χ2n) is 35.6. The summed E-state index contributed by atoms with van der Waals surface area (Å²) in [4.78, 5) is 97.6. The predicted octanol–water partition coefficient (Wildman–Crippen LogP) is 23.0. The third-order valence-corrected chi connectivity index (χ3v) is 24.5. The molecule has 2 aliphatic heterocycles. The van der Waals surface area contributed by atoms with Crippen molar-refractivity contribution in [3.05, 3.63) is 0 Å². The van der Waals surface area contributed by atoms with Crippen molar-refractivity contribution in [1.29, 1.82) is 0 Å². The molecule has 20 heteroatoms. The van der Waals surface area contributed by atoms with Gasteiger partial charge in [-0.2, -0.15) is 0 Å². The Morgan fingerprint density at radius 3 is 1.05 bits per heavy atom. The maximum atomic E-state index is 15.0. The molecule has 2 rings (SSSR count). The van der Waals surface area contributed by atoms with E-state index in [0.717, 1.165) is 154 Å². The van der Waals surface area contributed by atoms with E-state index in [4.69, 9.17) is 33.2 Å². The van der Waals surface area contributed by atoms with E-state index in [-0.39, 0.29) is 62.7 Å². The molecule has 13 atom stereocenters. The van der Waals surface area contributed by atoms with Gasteiger partial charge in [0.15, 0.2) is 24.8 Å². The zero-order chi connectivity index (χ0) is 86.0. The van der Waals surface area contributed by atoms with Crippen molar-refractivity contribution in [2.24, 2.45) is 5.92 Å². The molecule has 692 valence electrons. The number of aliphatic hydroxyl groups is 4. The van der Waals surface area contributed by atoms with Gasteiger partial charge in [-0.3, -0.25) is 33.6 Å². The van der Waals surface area contributed by atoms with Crippen LogP contribution in [0.1, 0.15) is 491 Å². The summed E-state index contributed by atoms with van der Waals surface area (Å²) in [5, 5.41) is 52.1. The van der Waals surface area contributed by atoms with E-state index in [2.05, 4.69) is 52.2 Å². The minimum absolute atomic E-state index is 0.0780. The highest BCUT2D eigenvalue weighted by atomic mass is 16.7. The van der Waals surface area contributed by atoms with Crippen LogP contribution >= 0.6 is 0 Å². The van der Waals surface area contributed by atoms with Gasteiger partial charge in [0.05, 0.1) is 26.1 Å². The van der Waals surface area contributed by atoms with Crippen molar-refractivity contribution >= 4 is 42.0 Å². The molecule has 2 saturated heterocycles. The molecular weight excluding hydrogens is 1490 g/mol. The lowest BCUT2D eigenvalue weighted by Crippen LogP contribution is -2.67. The van der Waals surface area contributed by atoms with Gasteiger partial charge in [-0.15, -0.1) is 0 Å². The first-order chi connectivity index (χ1) is 57.6. The third kappa shape index (κ3) is 58.4. The molecule has 0 aromatic carbocycles. The molecule has 2 heterocycles. The van der Waals surface area contributed by atoms with Crippen molar-refractivity contribution < 1.29 is 87.1 Å². The Morgan fingerprint density at radius 1 is 0.347 bits per heavy atom. The van der Waals surface area contributed by atoms with Crippen LogP contribution in [0.2, 0.25) is 0 Å². The Morgan fingerprint density at radius 2 is 0.678 bits per heavy atom. The molecule has 0 aromatic heterocycles. The lowest BCUT2D eigenvalue weighted by molar-refractivity contribution is -0.299. The number of ether oxygens (including phenoxy) is 7. The van der Waals surface area contributed by atoms with Crippen LogP contribution in [0.3, 0.4) is 0 Å². The van der Waals surface area contributed by atoms with E-state index in [9.17, 15) is 49.2 Å². The number of rotatable bonds is 85. The first-order valence-corrected chi connectivity index (χ1v) is 49.9. The van der Waals surface area contributed by atoms with Crippen LogP contribution in [0.25, 0.3) is 0 Å². The molecule has 10 unspecified atom stereocenters. The molecule has 118 heavy (non-hydrogen) atoms. The third-order valence-electron chi connectivity index (χ3n) is 24.5. The topological polar surface area (TPSA) is 289 Å². The Balaban J connectivity index is 2.51. The van der Waals surface area contributed by atoms with E-state index >= 15 is 4.79 Å². The average Bonchev–Trinajstić information content (AvgIpc) is 0.783. The smallest absolute Gasteiger partial charge is 0.310 e. The molecule has 0 spiro atoms. The molecule has 0 saturated carbocycles. The van der Waals surface area contributed by atoms with E-state index in [1.807, 2.05) is 0 Å². The van der Waals surface area contributed by atoms with Crippen molar-refractivity contribution in [1.82, 2.24) is 10.6 Å². The number of nitrogens with one attached hydrogen (secondary N) is 2. The summed E-state index contributed by atoms with van der Waals surface area (Å²) in [6.45, 7) is 12.0. The lowest BCUT2D eigenvalue weighted by Gasteiger charge is -2.46. The summed E-state index contributed by atoms with van der Waals surface area (Å²) in [6.07, 6.45) is 53.4. The van der Waals surface area contributed by atoms with Crippen molar-refractivity contribution in [2.75, 3.05) is 13.2 Å². The second-order valence-corrected chi connectivity index (χ2v) is 35.6. The number of carbonyl (C=O) groups is 7. The molecule has 0 aromatic rings. The van der Waals surface area contributed by atoms with Crippen LogP contribution in [0.4, 0.5) is 0 Å². The van der Waals surface area contributed by atoms with Crippen LogP contribution in [-0.2, 0) is 66.7 Å². The number of ketones is 1. The van der Waals surface area contributed by atoms with Crippen LogP contribution in [0, 0.1) is 5.92 Å². The zero-order valence-electron chi connectivity index (χ0n) is 76.5. The number of carbonyl (C=O) groups excluding carboxylic acids is 7. The number of amides is 2. The first kappa shape index (κ1) is 110. The van der Waals surface area contributed by atoms with Crippen LogP contribution in [0.5, 0.6) is 0 Å². The van der Waals surface area contributed by atoms with E-state index in [1.54, 1.807) is 0 Å². The number of aliphatic hydroxyl groups excluding tert-OH is 4. The fraction of sp³-hybridized carbons (Fsp3) is 0.929. The second kappa shape index (κ2) is 78.0. The lowest BCUT2D eigenvalue weighted by atomic mass is 9.90. The van der Waals surface area contributed by atoms with Gasteiger partial charge < -0.3 is 64.2 Å². The standard InChI is InChI=1S/C98H182N2O18/c1-7-13-19-25-31-37-39-40-42-48-54-59-65-71-88(106)114-82(69-63-57-51-45-35-29-23-17-11-5)75-87(105)99-91-94(110)93(109)85(116-97(91)111)78-112-98-92(100-86(104)74-80(67-61-55-49-43-33-27-21-15-9-3)73-81(103)68-62-56-50-44-34-28-22-16-10-4)96(95(113-79-102)84(77-101)117-98)118-90(108)76-83(70-64-58-52-46-36-30-24-18-12-6)115-89(107)72-66-60-53-47-41-38-32-26-20-14-8-2/h79-80,82-85,91-98,101,109-111H,7-78H2,1-6H3,(H,99,105)(H,100,104)/t80-,82+,83+,84?,85?,91?,92?,93?,94?,95?,96?,97?,98?/m0/s1. The highest BCUT2D eigenvalue weighted by Gasteiger charge is 2.52. The van der Waals surface area contributed by atoms with E-state index in [1.165, 1.54) is 212 Å². The highest BCUT2D eigenvalue weighted by Crippen LogP contribution is 2.32. The summed E-state index contributed by atoms with van der Waals surface area (Å²) < 4.78 is 42.9. The summed E-state index contributed by atoms with van der Waals surface area (Å²) >= 11 is 0. The predicted molar refractivity (Wildman–Crippen MR) is 475 cm³/mol. The molecular formula is C98H182N2O18. The summed E-state index contributed by atoms with van der Waals surface area (Å²) in [5.41, 5.74) is 0. The molecule has 2 amide bonds. The van der Waals surface area contributed by atoms with Gasteiger partial charge in [0.25, 0.3) is 6.47 Å². The first-order valence-electron chi connectivity index (χ1n) is 49.9. The molecule has 0 radical (unpaired) electrons.